The van der Waals surface area contributed by atoms with Crippen molar-refractivity contribution in [2.45, 2.75) is 6.54 Å². The van der Waals surface area contributed by atoms with Gasteiger partial charge in [0.1, 0.15) is 11.5 Å². The van der Waals surface area contributed by atoms with Crippen molar-refractivity contribution in [1.82, 2.24) is 19.8 Å². The SMILES string of the molecule is COc1ccc(-c2csc(NC(=O)CN3CCN(Cc4ccccn4)CC3)n2)c(OC)c1. The molecule has 3 aromatic rings. The third-order valence-corrected chi connectivity index (χ3v) is 6.14. The second-order valence-corrected chi connectivity index (χ2v) is 8.38. The standard InChI is InChI=1S/C23H27N5O3S/c1-30-18-6-7-19(21(13-18)31-2)20-16-32-23(25-20)26-22(29)15-28-11-9-27(10-12-28)14-17-5-3-4-8-24-17/h3-8,13,16H,9-12,14-15H2,1-2H3,(H,25,26,29). The molecule has 0 aliphatic carbocycles. The van der Waals surface area contributed by atoms with E-state index in [1.807, 2.05) is 48.0 Å². The average molecular weight is 454 g/mol. The highest BCUT2D eigenvalue weighted by Crippen LogP contribution is 2.34. The molecule has 1 amide bonds. The highest BCUT2D eigenvalue weighted by Gasteiger charge is 2.20. The Kier molecular flexibility index (Phi) is 7.31. The lowest BCUT2D eigenvalue weighted by atomic mass is 10.1. The lowest BCUT2D eigenvalue weighted by Crippen LogP contribution is -2.48. The summed E-state index contributed by atoms with van der Waals surface area (Å²) in [6, 6.07) is 11.6. The summed E-state index contributed by atoms with van der Waals surface area (Å²) in [5.74, 6) is 1.34. The molecule has 1 aliphatic rings. The molecular weight excluding hydrogens is 426 g/mol. The second kappa shape index (κ2) is 10.5. The first-order valence-electron chi connectivity index (χ1n) is 10.5. The minimum absolute atomic E-state index is 0.0502. The molecule has 168 valence electrons. The van der Waals surface area contributed by atoms with Gasteiger partial charge in [-0.05, 0) is 24.3 Å². The summed E-state index contributed by atoms with van der Waals surface area (Å²) in [7, 11) is 3.23. The predicted octanol–water partition coefficient (Wildman–Crippen LogP) is 2.98. The molecule has 3 heterocycles. The van der Waals surface area contributed by atoms with Crippen molar-refractivity contribution in [3.8, 4) is 22.8 Å². The maximum absolute atomic E-state index is 12.6. The smallest absolute Gasteiger partial charge is 0.240 e. The number of aromatic nitrogens is 2. The number of piperazine rings is 1. The average Bonchev–Trinajstić information content (AvgIpc) is 3.28. The van der Waals surface area contributed by atoms with E-state index in [1.54, 1.807) is 14.2 Å². The molecule has 0 bridgehead atoms. The van der Waals surface area contributed by atoms with Crippen LogP contribution in [0.5, 0.6) is 11.5 Å². The maximum atomic E-state index is 12.6. The zero-order valence-electron chi connectivity index (χ0n) is 18.3. The monoisotopic (exact) mass is 453 g/mol. The number of amides is 1. The Morgan fingerprint density at radius 2 is 1.91 bits per heavy atom. The van der Waals surface area contributed by atoms with Crippen LogP contribution in [0.4, 0.5) is 5.13 Å². The number of carbonyl (C=O) groups excluding carboxylic acids is 1. The number of hydrogen-bond acceptors (Lipinski definition) is 8. The topological polar surface area (TPSA) is 79.8 Å². The minimum Gasteiger partial charge on any atom is -0.497 e. The predicted molar refractivity (Wildman–Crippen MR) is 125 cm³/mol. The second-order valence-electron chi connectivity index (χ2n) is 7.53. The van der Waals surface area contributed by atoms with Crippen LogP contribution in [0.1, 0.15) is 5.69 Å². The van der Waals surface area contributed by atoms with Crippen LogP contribution >= 0.6 is 11.3 Å². The first kappa shape index (κ1) is 22.2. The molecule has 4 rings (SSSR count). The van der Waals surface area contributed by atoms with Gasteiger partial charge in [-0.3, -0.25) is 19.6 Å². The Labute approximate surface area is 191 Å². The molecular formula is C23H27N5O3S. The fourth-order valence-corrected chi connectivity index (χ4v) is 4.38. The van der Waals surface area contributed by atoms with Gasteiger partial charge in [0.2, 0.25) is 5.91 Å². The van der Waals surface area contributed by atoms with Gasteiger partial charge in [-0.25, -0.2) is 4.98 Å². The van der Waals surface area contributed by atoms with E-state index in [0.717, 1.165) is 55.4 Å². The van der Waals surface area contributed by atoms with Gasteiger partial charge in [0.05, 0.1) is 32.2 Å². The number of carbonyl (C=O) groups is 1. The molecule has 1 aromatic carbocycles. The molecule has 1 aliphatic heterocycles. The number of anilines is 1. The molecule has 1 saturated heterocycles. The van der Waals surface area contributed by atoms with Crippen molar-refractivity contribution in [2.24, 2.45) is 0 Å². The van der Waals surface area contributed by atoms with Crippen molar-refractivity contribution < 1.29 is 14.3 Å². The molecule has 1 fully saturated rings. The third kappa shape index (κ3) is 5.61. The molecule has 32 heavy (non-hydrogen) atoms. The van der Waals surface area contributed by atoms with Gasteiger partial charge >= 0.3 is 0 Å². The first-order chi connectivity index (χ1) is 15.6. The number of benzene rings is 1. The lowest BCUT2D eigenvalue weighted by molar-refractivity contribution is -0.117. The van der Waals surface area contributed by atoms with Gasteiger partial charge in [0.25, 0.3) is 0 Å². The van der Waals surface area contributed by atoms with Crippen molar-refractivity contribution in [2.75, 3.05) is 52.3 Å². The molecule has 0 saturated carbocycles. The maximum Gasteiger partial charge on any atom is 0.240 e. The van der Waals surface area contributed by atoms with Crippen molar-refractivity contribution in [3.63, 3.8) is 0 Å². The molecule has 9 heteroatoms. The van der Waals surface area contributed by atoms with E-state index in [-0.39, 0.29) is 5.91 Å². The highest BCUT2D eigenvalue weighted by molar-refractivity contribution is 7.14. The minimum atomic E-state index is -0.0502. The molecule has 0 spiro atoms. The zero-order valence-corrected chi connectivity index (χ0v) is 19.1. The number of pyridine rings is 1. The van der Waals surface area contributed by atoms with Gasteiger partial charge in [-0.1, -0.05) is 6.07 Å². The van der Waals surface area contributed by atoms with Crippen LogP contribution in [0, 0.1) is 0 Å². The summed E-state index contributed by atoms with van der Waals surface area (Å²) in [6.07, 6.45) is 1.82. The van der Waals surface area contributed by atoms with Gasteiger partial charge in [0, 0.05) is 55.9 Å². The number of thiazole rings is 1. The Hall–Kier alpha value is -3.01. The fourth-order valence-electron chi connectivity index (χ4n) is 3.65. The Bertz CT molecular complexity index is 1040. The Morgan fingerprint density at radius 3 is 2.62 bits per heavy atom. The van der Waals surface area contributed by atoms with Crippen LogP contribution in [-0.2, 0) is 11.3 Å². The molecule has 1 N–H and O–H groups in total. The van der Waals surface area contributed by atoms with Crippen LogP contribution < -0.4 is 14.8 Å². The van der Waals surface area contributed by atoms with Gasteiger partial charge in [0.15, 0.2) is 5.13 Å². The van der Waals surface area contributed by atoms with Crippen molar-refractivity contribution in [1.29, 1.82) is 0 Å². The van der Waals surface area contributed by atoms with Crippen LogP contribution in [-0.4, -0.2) is 72.6 Å². The Balaban J connectivity index is 1.28. The number of nitrogens with zero attached hydrogens (tertiary/aromatic N) is 4. The van der Waals surface area contributed by atoms with Crippen LogP contribution in [0.15, 0.2) is 48.0 Å². The van der Waals surface area contributed by atoms with Gasteiger partial charge in [-0.2, -0.15) is 0 Å². The van der Waals surface area contributed by atoms with Crippen molar-refractivity contribution >= 4 is 22.4 Å². The summed E-state index contributed by atoms with van der Waals surface area (Å²) in [5.41, 5.74) is 2.69. The summed E-state index contributed by atoms with van der Waals surface area (Å²) in [5, 5.41) is 5.42. The fraction of sp³-hybridized carbons (Fsp3) is 0.348. The first-order valence-corrected chi connectivity index (χ1v) is 11.3. The zero-order chi connectivity index (χ0) is 22.3. The third-order valence-electron chi connectivity index (χ3n) is 5.38. The molecule has 8 nitrogen and oxygen atoms in total. The van der Waals surface area contributed by atoms with E-state index in [0.29, 0.717) is 17.4 Å². The van der Waals surface area contributed by atoms with E-state index in [4.69, 9.17) is 9.47 Å². The Morgan fingerprint density at radius 1 is 1.09 bits per heavy atom. The molecule has 0 radical (unpaired) electrons. The van der Waals surface area contributed by atoms with E-state index < -0.39 is 0 Å². The molecule has 0 atom stereocenters. The summed E-state index contributed by atoms with van der Waals surface area (Å²) < 4.78 is 10.7. The van der Waals surface area contributed by atoms with Gasteiger partial charge < -0.3 is 14.8 Å². The molecule has 2 aromatic heterocycles. The number of nitrogens with one attached hydrogen (secondary N) is 1. The van der Waals surface area contributed by atoms with Crippen molar-refractivity contribution in [3.05, 3.63) is 53.7 Å². The normalized spacial score (nSPS) is 14.8. The lowest BCUT2D eigenvalue weighted by Gasteiger charge is -2.33. The summed E-state index contributed by atoms with van der Waals surface area (Å²) in [4.78, 5) is 26.1. The largest absolute Gasteiger partial charge is 0.497 e. The number of ether oxygens (including phenoxy) is 2. The number of rotatable bonds is 8. The van der Waals surface area contributed by atoms with E-state index in [2.05, 4.69) is 25.1 Å². The highest BCUT2D eigenvalue weighted by atomic mass is 32.1. The summed E-state index contributed by atoms with van der Waals surface area (Å²) >= 11 is 1.40. The molecule has 0 unspecified atom stereocenters. The quantitative estimate of drug-likeness (QED) is 0.562. The van der Waals surface area contributed by atoms with Gasteiger partial charge in [-0.15, -0.1) is 11.3 Å². The number of methoxy groups -OCH3 is 2. The van der Waals surface area contributed by atoms with E-state index in [9.17, 15) is 4.79 Å². The summed E-state index contributed by atoms with van der Waals surface area (Å²) in [6.45, 7) is 4.75. The van der Waals surface area contributed by atoms with Crippen LogP contribution in [0.2, 0.25) is 0 Å². The number of hydrogen-bond donors (Lipinski definition) is 1. The van der Waals surface area contributed by atoms with Crippen LogP contribution in [0.3, 0.4) is 0 Å². The van der Waals surface area contributed by atoms with Crippen LogP contribution in [0.25, 0.3) is 11.3 Å². The van der Waals surface area contributed by atoms with E-state index >= 15 is 0 Å². The van der Waals surface area contributed by atoms with E-state index in [1.165, 1.54) is 11.3 Å².